The lowest BCUT2D eigenvalue weighted by Gasteiger charge is -2.14. The zero-order valence-corrected chi connectivity index (χ0v) is 15.6. The first-order valence-electron chi connectivity index (χ1n) is 8.47. The number of nitrogens with one attached hydrogen (secondary N) is 1. The number of hydrogen-bond acceptors (Lipinski definition) is 4. The summed E-state index contributed by atoms with van der Waals surface area (Å²) >= 11 is 6.04. The summed E-state index contributed by atoms with van der Waals surface area (Å²) in [5, 5.41) is 8.54. The van der Waals surface area contributed by atoms with Crippen molar-refractivity contribution in [2.75, 3.05) is 0 Å². The minimum Gasteiger partial charge on any atom is -0.451 e. The molecule has 2 aromatic heterocycles. The Morgan fingerprint density at radius 1 is 1.22 bits per heavy atom. The van der Waals surface area contributed by atoms with Gasteiger partial charge in [-0.05, 0) is 49.7 Å². The highest BCUT2D eigenvalue weighted by atomic mass is 35.5. The quantitative estimate of drug-likeness (QED) is 0.567. The molecule has 27 heavy (non-hydrogen) atoms. The fraction of sp³-hybridized carbons (Fsp3) is 0.150. The molecule has 1 unspecified atom stereocenters. The zero-order valence-electron chi connectivity index (χ0n) is 14.8. The highest BCUT2D eigenvalue weighted by Crippen LogP contribution is 2.28. The first-order valence-corrected chi connectivity index (χ1v) is 8.85. The molecule has 0 spiro atoms. The maximum absolute atomic E-state index is 12.7. The molecule has 6 nitrogen and oxygen atoms in total. The molecule has 7 heteroatoms. The van der Waals surface area contributed by atoms with Crippen molar-refractivity contribution in [1.82, 2.24) is 20.1 Å². The van der Waals surface area contributed by atoms with Gasteiger partial charge in [0.25, 0.3) is 5.91 Å². The highest BCUT2D eigenvalue weighted by Gasteiger charge is 2.20. The molecule has 0 saturated heterocycles. The van der Waals surface area contributed by atoms with Gasteiger partial charge in [-0.1, -0.05) is 23.7 Å². The van der Waals surface area contributed by atoms with Gasteiger partial charge in [-0.2, -0.15) is 5.10 Å². The highest BCUT2D eigenvalue weighted by molar-refractivity contribution is 6.31. The molecule has 2 aromatic carbocycles. The van der Waals surface area contributed by atoms with Crippen molar-refractivity contribution >= 4 is 28.5 Å². The lowest BCUT2D eigenvalue weighted by Crippen LogP contribution is -2.26. The van der Waals surface area contributed by atoms with E-state index < -0.39 is 0 Å². The Morgan fingerprint density at radius 3 is 2.70 bits per heavy atom. The van der Waals surface area contributed by atoms with Crippen molar-refractivity contribution in [2.45, 2.75) is 19.9 Å². The summed E-state index contributed by atoms with van der Waals surface area (Å²) in [6.07, 6.45) is 3.12. The third-order valence-electron chi connectivity index (χ3n) is 4.53. The number of furan rings is 1. The van der Waals surface area contributed by atoms with Crippen LogP contribution in [0.5, 0.6) is 0 Å². The lowest BCUT2D eigenvalue weighted by molar-refractivity contribution is 0.0913. The van der Waals surface area contributed by atoms with Crippen LogP contribution in [0.4, 0.5) is 0 Å². The van der Waals surface area contributed by atoms with Crippen molar-refractivity contribution in [3.05, 3.63) is 77.0 Å². The van der Waals surface area contributed by atoms with Crippen molar-refractivity contribution in [1.29, 1.82) is 0 Å². The van der Waals surface area contributed by atoms with E-state index in [1.807, 2.05) is 38.1 Å². The molecule has 0 aliphatic carbocycles. The first kappa shape index (κ1) is 17.3. The first-order chi connectivity index (χ1) is 13.0. The van der Waals surface area contributed by atoms with Crippen LogP contribution in [0.2, 0.25) is 5.02 Å². The van der Waals surface area contributed by atoms with Crippen LogP contribution in [0.25, 0.3) is 16.7 Å². The van der Waals surface area contributed by atoms with Crippen LogP contribution in [-0.4, -0.2) is 20.7 Å². The van der Waals surface area contributed by atoms with Crippen LogP contribution >= 0.6 is 11.6 Å². The molecular formula is C20H17ClN4O2. The largest absolute Gasteiger partial charge is 0.451 e. The topological polar surface area (TPSA) is 73.0 Å². The third kappa shape index (κ3) is 3.31. The van der Waals surface area contributed by atoms with Gasteiger partial charge in [-0.25, -0.2) is 9.67 Å². The van der Waals surface area contributed by atoms with Gasteiger partial charge in [0.2, 0.25) is 0 Å². The van der Waals surface area contributed by atoms with E-state index >= 15 is 0 Å². The number of halogens is 1. The third-order valence-corrected chi connectivity index (χ3v) is 4.76. The van der Waals surface area contributed by atoms with Gasteiger partial charge in [0.15, 0.2) is 5.76 Å². The lowest BCUT2D eigenvalue weighted by atomic mass is 10.1. The van der Waals surface area contributed by atoms with E-state index in [0.29, 0.717) is 16.4 Å². The van der Waals surface area contributed by atoms with Crippen molar-refractivity contribution in [3.63, 3.8) is 0 Å². The molecule has 4 rings (SSSR count). The number of carbonyl (C=O) groups is 1. The minimum absolute atomic E-state index is 0.182. The standard InChI is InChI=1S/C20H17ClN4O2/c1-12-17-9-15(21)5-8-18(17)27-19(12)20(26)24-13(2)14-3-6-16(7-4-14)25-11-22-10-23-25/h3-11,13H,1-2H3,(H,24,26). The average Bonchev–Trinajstić information content (AvgIpc) is 3.31. The van der Waals surface area contributed by atoms with Gasteiger partial charge in [0, 0.05) is 16.0 Å². The molecule has 2 heterocycles. The molecule has 1 N–H and O–H groups in total. The number of benzene rings is 2. The van der Waals surface area contributed by atoms with E-state index in [9.17, 15) is 4.79 Å². The van der Waals surface area contributed by atoms with Crippen LogP contribution in [0.15, 0.2) is 59.5 Å². The maximum Gasteiger partial charge on any atom is 0.287 e. The number of amides is 1. The molecule has 0 fully saturated rings. The molecule has 0 aliphatic rings. The molecular weight excluding hydrogens is 364 g/mol. The summed E-state index contributed by atoms with van der Waals surface area (Å²) in [5.74, 6) is 0.0472. The van der Waals surface area contributed by atoms with Gasteiger partial charge in [-0.3, -0.25) is 4.79 Å². The number of aryl methyl sites for hydroxylation is 1. The average molecular weight is 381 g/mol. The fourth-order valence-corrected chi connectivity index (χ4v) is 3.18. The van der Waals surface area contributed by atoms with Gasteiger partial charge in [0.1, 0.15) is 18.2 Å². The van der Waals surface area contributed by atoms with Crippen LogP contribution in [-0.2, 0) is 0 Å². The predicted molar refractivity (Wildman–Crippen MR) is 103 cm³/mol. The number of fused-ring (bicyclic) bond motifs is 1. The van der Waals surface area contributed by atoms with Gasteiger partial charge < -0.3 is 9.73 Å². The Labute approximate surface area is 160 Å². The Bertz CT molecular complexity index is 1100. The SMILES string of the molecule is Cc1c(C(=O)NC(C)c2ccc(-n3cncn3)cc2)oc2ccc(Cl)cc12. The minimum atomic E-state index is -0.257. The van der Waals surface area contributed by atoms with Gasteiger partial charge >= 0.3 is 0 Å². The summed E-state index contributed by atoms with van der Waals surface area (Å²) < 4.78 is 7.41. The zero-order chi connectivity index (χ0) is 19.0. The van der Waals surface area contributed by atoms with Gasteiger partial charge in [-0.15, -0.1) is 0 Å². The van der Waals surface area contributed by atoms with E-state index in [4.69, 9.17) is 16.0 Å². The molecule has 1 amide bonds. The number of rotatable bonds is 4. The van der Waals surface area contributed by atoms with Gasteiger partial charge in [0.05, 0.1) is 11.7 Å². The smallest absolute Gasteiger partial charge is 0.287 e. The molecule has 136 valence electrons. The summed E-state index contributed by atoms with van der Waals surface area (Å²) in [6, 6.07) is 12.9. The maximum atomic E-state index is 12.7. The number of aromatic nitrogens is 3. The molecule has 0 aliphatic heterocycles. The monoisotopic (exact) mass is 380 g/mol. The number of carbonyl (C=O) groups excluding carboxylic acids is 1. The summed E-state index contributed by atoms with van der Waals surface area (Å²) in [5.41, 5.74) is 3.30. The van der Waals surface area contributed by atoms with E-state index in [1.54, 1.807) is 29.2 Å². The van der Waals surface area contributed by atoms with E-state index in [1.165, 1.54) is 6.33 Å². The van der Waals surface area contributed by atoms with Crippen LogP contribution in [0, 0.1) is 6.92 Å². The second-order valence-electron chi connectivity index (χ2n) is 6.32. The molecule has 0 bridgehead atoms. The second-order valence-corrected chi connectivity index (χ2v) is 6.76. The normalized spacial score (nSPS) is 12.3. The summed E-state index contributed by atoms with van der Waals surface area (Å²) in [7, 11) is 0. The van der Waals surface area contributed by atoms with Crippen molar-refractivity contribution < 1.29 is 9.21 Å². The molecule has 4 aromatic rings. The van der Waals surface area contributed by atoms with Crippen LogP contribution in [0.3, 0.4) is 0 Å². The molecule has 0 saturated carbocycles. The van der Waals surface area contributed by atoms with Crippen LogP contribution in [0.1, 0.15) is 34.6 Å². The van der Waals surface area contributed by atoms with E-state index in [-0.39, 0.29) is 11.9 Å². The Kier molecular flexibility index (Phi) is 4.41. The molecule has 0 radical (unpaired) electrons. The summed E-state index contributed by atoms with van der Waals surface area (Å²) in [4.78, 5) is 16.6. The van der Waals surface area contributed by atoms with E-state index in [0.717, 1.165) is 22.2 Å². The molecule has 1 atom stereocenters. The second kappa shape index (κ2) is 6.89. The Morgan fingerprint density at radius 2 is 2.00 bits per heavy atom. The number of nitrogens with zero attached hydrogens (tertiary/aromatic N) is 3. The van der Waals surface area contributed by atoms with Crippen LogP contribution < -0.4 is 5.32 Å². The summed E-state index contributed by atoms with van der Waals surface area (Å²) in [6.45, 7) is 3.78. The fourth-order valence-electron chi connectivity index (χ4n) is 3.01. The van der Waals surface area contributed by atoms with Crippen molar-refractivity contribution in [2.24, 2.45) is 0 Å². The predicted octanol–water partition coefficient (Wildman–Crippen LogP) is 4.47. The Hall–Kier alpha value is -3.12. The Balaban J connectivity index is 1.53. The number of hydrogen-bond donors (Lipinski definition) is 1. The van der Waals surface area contributed by atoms with Crippen molar-refractivity contribution in [3.8, 4) is 5.69 Å². The van der Waals surface area contributed by atoms with E-state index in [2.05, 4.69) is 15.4 Å².